The molecule has 0 saturated carbocycles. The first-order chi connectivity index (χ1) is 8.22. The van der Waals surface area contributed by atoms with E-state index in [1.54, 1.807) is 0 Å². The van der Waals surface area contributed by atoms with Crippen molar-refractivity contribution in [1.82, 2.24) is 4.98 Å². The fourth-order valence-electron chi connectivity index (χ4n) is 1.71. The first-order valence-electron chi connectivity index (χ1n) is 5.79. The van der Waals surface area contributed by atoms with Gasteiger partial charge < -0.3 is 15.5 Å². The monoisotopic (exact) mass is 235 g/mol. The molecule has 92 valence electrons. The van der Waals surface area contributed by atoms with Crippen LogP contribution in [0.1, 0.15) is 13.3 Å². The van der Waals surface area contributed by atoms with Crippen molar-refractivity contribution in [3.63, 3.8) is 0 Å². The van der Waals surface area contributed by atoms with E-state index in [4.69, 9.17) is 10.2 Å². The maximum atomic E-state index is 11.0. The van der Waals surface area contributed by atoms with Gasteiger partial charge in [-0.25, -0.2) is 4.79 Å². The molecule has 0 aliphatic carbocycles. The van der Waals surface area contributed by atoms with Crippen LogP contribution in [-0.4, -0.2) is 18.1 Å². The number of nitrogens with two attached hydrogens (primary N) is 1. The van der Waals surface area contributed by atoms with Crippen molar-refractivity contribution < 1.29 is 4.42 Å². The summed E-state index contributed by atoms with van der Waals surface area (Å²) in [7, 11) is 0. The van der Waals surface area contributed by atoms with Crippen LogP contribution in [0.15, 0.2) is 27.4 Å². The highest BCUT2D eigenvalue weighted by Gasteiger charge is 2.05. The van der Waals surface area contributed by atoms with E-state index in [2.05, 4.69) is 17.2 Å². The van der Waals surface area contributed by atoms with Gasteiger partial charge in [0.25, 0.3) is 0 Å². The van der Waals surface area contributed by atoms with Crippen molar-refractivity contribution in [2.45, 2.75) is 13.3 Å². The summed E-state index contributed by atoms with van der Waals surface area (Å²) in [5.41, 5.74) is 7.86. The van der Waals surface area contributed by atoms with Crippen molar-refractivity contribution in [2.75, 3.05) is 18.4 Å². The van der Waals surface area contributed by atoms with Gasteiger partial charge in [0, 0.05) is 18.3 Å². The zero-order valence-corrected chi connectivity index (χ0v) is 9.82. The van der Waals surface area contributed by atoms with Crippen LogP contribution in [0.4, 0.5) is 5.69 Å². The molecular formula is C12H17N3O2. The molecule has 1 aromatic carbocycles. The Morgan fingerprint density at radius 2 is 2.35 bits per heavy atom. The number of fused-ring (bicyclic) bond motifs is 1. The van der Waals surface area contributed by atoms with Gasteiger partial charge in [-0.05, 0) is 24.6 Å². The molecule has 2 rings (SSSR count). The molecule has 5 nitrogen and oxygen atoms in total. The number of hydrogen-bond acceptors (Lipinski definition) is 4. The molecule has 4 N–H and O–H groups in total. The van der Waals surface area contributed by atoms with Crippen LogP contribution in [0, 0.1) is 5.92 Å². The van der Waals surface area contributed by atoms with E-state index in [1.807, 2.05) is 18.2 Å². The fraction of sp³-hybridized carbons (Fsp3) is 0.417. The summed E-state index contributed by atoms with van der Waals surface area (Å²) in [6, 6.07) is 5.56. The molecule has 0 aliphatic rings. The van der Waals surface area contributed by atoms with Gasteiger partial charge in [0.1, 0.15) is 0 Å². The smallest absolute Gasteiger partial charge is 0.408 e. The van der Waals surface area contributed by atoms with E-state index in [-0.39, 0.29) is 0 Å². The minimum Gasteiger partial charge on any atom is -0.408 e. The topological polar surface area (TPSA) is 84.0 Å². The maximum absolute atomic E-state index is 11.0. The number of aromatic amines is 1. The average Bonchev–Trinajstić information content (AvgIpc) is 2.69. The fourth-order valence-corrected chi connectivity index (χ4v) is 1.71. The second kappa shape index (κ2) is 5.05. The predicted octanol–water partition coefficient (Wildman–Crippen LogP) is 1.52. The highest BCUT2D eigenvalue weighted by Crippen LogP contribution is 2.16. The third-order valence-electron chi connectivity index (χ3n) is 2.93. The minimum atomic E-state index is -0.425. The van der Waals surface area contributed by atoms with Gasteiger partial charge in [-0.3, -0.25) is 4.98 Å². The lowest BCUT2D eigenvalue weighted by Gasteiger charge is -2.13. The van der Waals surface area contributed by atoms with Gasteiger partial charge in [-0.1, -0.05) is 13.3 Å². The molecule has 0 aliphatic heterocycles. The quantitative estimate of drug-likeness (QED) is 0.733. The van der Waals surface area contributed by atoms with Gasteiger partial charge in [0.05, 0.1) is 5.52 Å². The summed E-state index contributed by atoms with van der Waals surface area (Å²) < 4.78 is 4.99. The Morgan fingerprint density at radius 1 is 1.53 bits per heavy atom. The summed E-state index contributed by atoms with van der Waals surface area (Å²) in [5.74, 6) is 0.0365. The van der Waals surface area contributed by atoms with Gasteiger partial charge in [-0.2, -0.15) is 0 Å². The molecule has 0 saturated heterocycles. The number of nitrogens with one attached hydrogen (secondary N) is 2. The van der Waals surface area contributed by atoms with Crippen molar-refractivity contribution in [3.8, 4) is 0 Å². The largest absolute Gasteiger partial charge is 0.417 e. The van der Waals surface area contributed by atoms with E-state index >= 15 is 0 Å². The number of aromatic nitrogens is 1. The Morgan fingerprint density at radius 3 is 3.06 bits per heavy atom. The van der Waals surface area contributed by atoms with Crippen LogP contribution in [0.5, 0.6) is 0 Å². The van der Waals surface area contributed by atoms with Crippen LogP contribution in [-0.2, 0) is 0 Å². The number of oxazole rings is 1. The summed E-state index contributed by atoms with van der Waals surface area (Å²) in [6.45, 7) is 3.62. The Hall–Kier alpha value is -1.75. The van der Waals surface area contributed by atoms with E-state index < -0.39 is 5.76 Å². The normalized spacial score (nSPS) is 12.8. The highest BCUT2D eigenvalue weighted by atomic mass is 16.4. The third-order valence-corrected chi connectivity index (χ3v) is 2.93. The Bertz CT molecular complexity index is 540. The minimum absolute atomic E-state index is 0.425. The Labute approximate surface area is 99.0 Å². The number of anilines is 1. The molecule has 1 aromatic heterocycles. The molecule has 0 fully saturated rings. The Kier molecular flexibility index (Phi) is 3.49. The Balaban J connectivity index is 2.11. The van der Waals surface area contributed by atoms with Crippen molar-refractivity contribution in [3.05, 3.63) is 28.7 Å². The molecule has 0 amide bonds. The van der Waals surface area contributed by atoms with Gasteiger partial charge in [0.2, 0.25) is 0 Å². The molecule has 5 heteroatoms. The first-order valence-corrected chi connectivity index (χ1v) is 5.79. The van der Waals surface area contributed by atoms with Crippen molar-refractivity contribution in [1.29, 1.82) is 0 Å². The van der Waals surface area contributed by atoms with Crippen molar-refractivity contribution in [2.24, 2.45) is 11.7 Å². The van der Waals surface area contributed by atoms with E-state index in [9.17, 15) is 4.79 Å². The maximum Gasteiger partial charge on any atom is 0.417 e. The van der Waals surface area contributed by atoms with E-state index in [0.717, 1.165) is 18.7 Å². The van der Waals surface area contributed by atoms with Gasteiger partial charge >= 0.3 is 5.76 Å². The lowest BCUT2D eigenvalue weighted by Crippen LogP contribution is -2.21. The zero-order valence-electron chi connectivity index (χ0n) is 9.82. The summed E-state index contributed by atoms with van der Waals surface area (Å²) in [4.78, 5) is 13.6. The lowest BCUT2D eigenvalue weighted by atomic mass is 10.1. The molecule has 0 bridgehead atoms. The number of H-pyrrole nitrogens is 1. The second-order valence-corrected chi connectivity index (χ2v) is 4.12. The van der Waals surface area contributed by atoms with Crippen LogP contribution < -0.4 is 16.8 Å². The molecule has 1 unspecified atom stereocenters. The number of benzene rings is 1. The summed E-state index contributed by atoms with van der Waals surface area (Å²) in [6.07, 6.45) is 1.05. The first kappa shape index (κ1) is 11.7. The van der Waals surface area contributed by atoms with Crippen LogP contribution in [0.3, 0.4) is 0 Å². The van der Waals surface area contributed by atoms with Crippen molar-refractivity contribution >= 4 is 16.8 Å². The summed E-state index contributed by atoms with van der Waals surface area (Å²) >= 11 is 0. The van der Waals surface area contributed by atoms with Crippen LogP contribution >= 0.6 is 0 Å². The molecule has 1 heterocycles. The molecule has 17 heavy (non-hydrogen) atoms. The predicted molar refractivity (Wildman–Crippen MR) is 68.2 cm³/mol. The molecule has 1 atom stereocenters. The van der Waals surface area contributed by atoms with Crippen LogP contribution in [0.2, 0.25) is 0 Å². The lowest BCUT2D eigenvalue weighted by molar-refractivity contribution is 0.547. The third kappa shape index (κ3) is 2.68. The van der Waals surface area contributed by atoms with Gasteiger partial charge in [0.15, 0.2) is 5.58 Å². The van der Waals surface area contributed by atoms with Crippen LogP contribution in [0.25, 0.3) is 11.1 Å². The zero-order chi connectivity index (χ0) is 12.3. The van der Waals surface area contributed by atoms with E-state index in [1.165, 1.54) is 0 Å². The van der Waals surface area contributed by atoms with Gasteiger partial charge in [-0.15, -0.1) is 0 Å². The standard InChI is InChI=1S/C12H17N3O2/c1-2-8(6-13)7-14-9-3-4-10-11(5-9)17-12(16)15-10/h3-5,8,14H,2,6-7,13H2,1H3,(H,15,16). The van der Waals surface area contributed by atoms with E-state index in [0.29, 0.717) is 23.6 Å². The number of rotatable bonds is 5. The molecular weight excluding hydrogens is 218 g/mol. The number of hydrogen-bond donors (Lipinski definition) is 3. The molecule has 0 radical (unpaired) electrons. The highest BCUT2D eigenvalue weighted by molar-refractivity contribution is 5.76. The molecule has 0 spiro atoms. The summed E-state index contributed by atoms with van der Waals surface area (Å²) in [5, 5.41) is 3.29. The average molecular weight is 235 g/mol. The second-order valence-electron chi connectivity index (χ2n) is 4.12. The molecule has 2 aromatic rings. The SMILES string of the molecule is CCC(CN)CNc1ccc2[nH]c(=O)oc2c1.